The Kier molecular flexibility index (Phi) is 3.62. The van der Waals surface area contributed by atoms with E-state index in [0.29, 0.717) is 22.0 Å². The van der Waals surface area contributed by atoms with Crippen LogP contribution in [0.1, 0.15) is 12.5 Å². The number of amides is 1. The van der Waals surface area contributed by atoms with Crippen molar-refractivity contribution in [3.63, 3.8) is 0 Å². The lowest BCUT2D eigenvalue weighted by molar-refractivity contribution is -0.114. The number of carbonyl (C=O) groups is 1. The monoisotopic (exact) mass is 224 g/mol. The first-order valence-electron chi connectivity index (χ1n) is 4.30. The van der Waals surface area contributed by atoms with E-state index in [1.54, 1.807) is 18.2 Å². The molecule has 1 aromatic rings. The highest BCUT2D eigenvalue weighted by molar-refractivity contribution is 7.80. The number of rotatable bonds is 3. The molecule has 0 aliphatic heterocycles. The summed E-state index contributed by atoms with van der Waals surface area (Å²) in [6, 6.07) is 5.12. The summed E-state index contributed by atoms with van der Waals surface area (Å²) < 4.78 is 5.11. The van der Waals surface area contributed by atoms with Crippen LogP contribution >= 0.6 is 12.2 Å². The quantitative estimate of drug-likeness (QED) is 0.759. The summed E-state index contributed by atoms with van der Waals surface area (Å²) in [6.07, 6.45) is 0. The van der Waals surface area contributed by atoms with Crippen LogP contribution in [0.4, 0.5) is 5.69 Å². The number of nitrogens with two attached hydrogens (primary N) is 1. The lowest BCUT2D eigenvalue weighted by Gasteiger charge is -2.10. The summed E-state index contributed by atoms with van der Waals surface area (Å²) in [5, 5.41) is 2.64. The molecule has 0 saturated carbocycles. The Morgan fingerprint density at radius 1 is 1.53 bits per heavy atom. The van der Waals surface area contributed by atoms with E-state index >= 15 is 0 Å². The predicted octanol–water partition coefficient (Wildman–Crippen LogP) is 1.29. The highest BCUT2D eigenvalue weighted by Crippen LogP contribution is 2.25. The third-order valence-electron chi connectivity index (χ3n) is 1.80. The molecular formula is C10H12N2O2S. The first kappa shape index (κ1) is 11.5. The third kappa shape index (κ3) is 2.92. The summed E-state index contributed by atoms with van der Waals surface area (Å²) in [4.78, 5) is 11.2. The van der Waals surface area contributed by atoms with Crippen molar-refractivity contribution in [1.82, 2.24) is 0 Å². The van der Waals surface area contributed by atoms with E-state index < -0.39 is 0 Å². The van der Waals surface area contributed by atoms with E-state index in [9.17, 15) is 4.79 Å². The van der Waals surface area contributed by atoms with Gasteiger partial charge in [-0.3, -0.25) is 4.79 Å². The number of anilines is 1. The van der Waals surface area contributed by atoms with Crippen LogP contribution in [0.3, 0.4) is 0 Å². The lowest BCUT2D eigenvalue weighted by Crippen LogP contribution is -2.11. The van der Waals surface area contributed by atoms with Crippen LogP contribution in [0.2, 0.25) is 0 Å². The van der Waals surface area contributed by atoms with Crippen LogP contribution in [-0.4, -0.2) is 18.0 Å². The van der Waals surface area contributed by atoms with Gasteiger partial charge in [0.05, 0.1) is 12.8 Å². The molecular weight excluding hydrogens is 212 g/mol. The summed E-state index contributed by atoms with van der Waals surface area (Å²) in [6.45, 7) is 1.43. The Morgan fingerprint density at radius 3 is 2.67 bits per heavy atom. The van der Waals surface area contributed by atoms with Gasteiger partial charge in [-0.25, -0.2) is 0 Å². The van der Waals surface area contributed by atoms with E-state index in [0.717, 1.165) is 0 Å². The molecule has 0 radical (unpaired) electrons. The van der Waals surface area contributed by atoms with Gasteiger partial charge in [0.2, 0.25) is 5.91 Å². The molecule has 80 valence electrons. The van der Waals surface area contributed by atoms with Gasteiger partial charge in [-0.05, 0) is 18.2 Å². The molecule has 4 nitrogen and oxygen atoms in total. The SMILES string of the molecule is COc1cc(C(N)=S)ccc1NC(C)=O. The molecule has 0 unspecified atom stereocenters. The van der Waals surface area contributed by atoms with Gasteiger partial charge in [0.25, 0.3) is 0 Å². The van der Waals surface area contributed by atoms with E-state index in [2.05, 4.69) is 5.32 Å². The molecule has 0 fully saturated rings. The third-order valence-corrected chi connectivity index (χ3v) is 2.03. The van der Waals surface area contributed by atoms with Gasteiger partial charge >= 0.3 is 0 Å². The van der Waals surface area contributed by atoms with E-state index in [1.165, 1.54) is 14.0 Å². The van der Waals surface area contributed by atoms with Gasteiger partial charge in [0.15, 0.2) is 0 Å². The second-order valence-electron chi connectivity index (χ2n) is 2.96. The maximum Gasteiger partial charge on any atom is 0.221 e. The summed E-state index contributed by atoms with van der Waals surface area (Å²) in [7, 11) is 1.52. The minimum absolute atomic E-state index is 0.156. The fourth-order valence-corrected chi connectivity index (χ4v) is 1.26. The normalized spacial score (nSPS) is 9.47. The summed E-state index contributed by atoms with van der Waals surface area (Å²) >= 11 is 4.84. The molecule has 0 aliphatic rings. The zero-order valence-corrected chi connectivity index (χ0v) is 9.35. The average Bonchev–Trinajstić information content (AvgIpc) is 2.17. The standard InChI is InChI=1S/C10H12N2O2S/c1-6(13)12-8-4-3-7(10(11)15)5-9(8)14-2/h3-5H,1-2H3,(H2,11,15)(H,12,13). The molecule has 15 heavy (non-hydrogen) atoms. The molecule has 0 aromatic heterocycles. The maximum absolute atomic E-state index is 10.9. The topological polar surface area (TPSA) is 64.3 Å². The Labute approximate surface area is 93.4 Å². The Balaban J connectivity index is 3.08. The summed E-state index contributed by atoms with van der Waals surface area (Å²) in [5.41, 5.74) is 6.78. The number of thiocarbonyl (C=S) groups is 1. The van der Waals surface area contributed by atoms with Crippen molar-refractivity contribution in [2.24, 2.45) is 5.73 Å². The van der Waals surface area contributed by atoms with Crippen molar-refractivity contribution in [3.05, 3.63) is 23.8 Å². The highest BCUT2D eigenvalue weighted by Gasteiger charge is 2.06. The van der Waals surface area contributed by atoms with E-state index in [-0.39, 0.29) is 5.91 Å². The number of nitrogens with one attached hydrogen (secondary N) is 1. The van der Waals surface area contributed by atoms with Gasteiger partial charge in [0, 0.05) is 12.5 Å². The van der Waals surface area contributed by atoms with Crippen LogP contribution < -0.4 is 15.8 Å². The Morgan fingerprint density at radius 2 is 2.20 bits per heavy atom. The fraction of sp³-hybridized carbons (Fsp3) is 0.200. The minimum Gasteiger partial charge on any atom is -0.495 e. The van der Waals surface area contributed by atoms with Crippen molar-refractivity contribution in [2.75, 3.05) is 12.4 Å². The van der Waals surface area contributed by atoms with E-state index in [1.807, 2.05) is 0 Å². The van der Waals surface area contributed by atoms with Crippen molar-refractivity contribution in [3.8, 4) is 5.75 Å². The smallest absolute Gasteiger partial charge is 0.221 e. The van der Waals surface area contributed by atoms with Gasteiger partial charge in [0.1, 0.15) is 10.7 Å². The molecule has 5 heteroatoms. The summed E-state index contributed by atoms with van der Waals surface area (Å²) in [5.74, 6) is 0.381. The Bertz CT molecular complexity index is 404. The molecule has 0 spiro atoms. The van der Waals surface area contributed by atoms with Crippen LogP contribution in [0.5, 0.6) is 5.75 Å². The van der Waals surface area contributed by atoms with Gasteiger partial charge in [-0.1, -0.05) is 12.2 Å². The van der Waals surface area contributed by atoms with Gasteiger partial charge in [-0.2, -0.15) is 0 Å². The zero-order valence-electron chi connectivity index (χ0n) is 8.53. The largest absolute Gasteiger partial charge is 0.495 e. The lowest BCUT2D eigenvalue weighted by atomic mass is 10.2. The van der Waals surface area contributed by atoms with Gasteiger partial charge < -0.3 is 15.8 Å². The first-order chi connectivity index (χ1) is 7.04. The molecule has 0 saturated heterocycles. The minimum atomic E-state index is -0.156. The van der Waals surface area contributed by atoms with Crippen molar-refractivity contribution in [2.45, 2.75) is 6.92 Å². The highest BCUT2D eigenvalue weighted by atomic mass is 32.1. The average molecular weight is 224 g/mol. The number of carbonyl (C=O) groups excluding carboxylic acids is 1. The van der Waals surface area contributed by atoms with Crippen LogP contribution in [0, 0.1) is 0 Å². The van der Waals surface area contributed by atoms with E-state index in [4.69, 9.17) is 22.7 Å². The van der Waals surface area contributed by atoms with Crippen LogP contribution in [-0.2, 0) is 4.79 Å². The molecule has 1 aromatic carbocycles. The molecule has 0 aliphatic carbocycles. The second-order valence-corrected chi connectivity index (χ2v) is 3.40. The number of hydrogen-bond acceptors (Lipinski definition) is 3. The molecule has 0 bridgehead atoms. The second kappa shape index (κ2) is 4.75. The van der Waals surface area contributed by atoms with Crippen molar-refractivity contribution < 1.29 is 9.53 Å². The fourth-order valence-electron chi connectivity index (χ4n) is 1.14. The number of methoxy groups -OCH3 is 1. The molecule has 0 atom stereocenters. The number of ether oxygens (including phenoxy) is 1. The molecule has 1 amide bonds. The van der Waals surface area contributed by atoms with Crippen molar-refractivity contribution in [1.29, 1.82) is 0 Å². The molecule has 0 heterocycles. The molecule has 1 rings (SSSR count). The van der Waals surface area contributed by atoms with Gasteiger partial charge in [-0.15, -0.1) is 0 Å². The number of benzene rings is 1. The van der Waals surface area contributed by atoms with Crippen LogP contribution in [0.15, 0.2) is 18.2 Å². The zero-order chi connectivity index (χ0) is 11.4. The molecule has 3 N–H and O–H groups in total. The predicted molar refractivity (Wildman–Crippen MR) is 63.2 cm³/mol. The van der Waals surface area contributed by atoms with Crippen LogP contribution in [0.25, 0.3) is 0 Å². The maximum atomic E-state index is 10.9. The Hall–Kier alpha value is -1.62. The number of hydrogen-bond donors (Lipinski definition) is 2. The first-order valence-corrected chi connectivity index (χ1v) is 4.71. The van der Waals surface area contributed by atoms with Crippen molar-refractivity contribution >= 4 is 28.8 Å².